The molecule has 6 nitrogen and oxygen atoms in total. The Morgan fingerprint density at radius 1 is 1.06 bits per heavy atom. The molecule has 3 aromatic rings. The number of amides is 1. The molecule has 1 fully saturated rings. The van der Waals surface area contributed by atoms with Gasteiger partial charge in [-0.2, -0.15) is 0 Å². The van der Waals surface area contributed by atoms with Crippen molar-refractivity contribution in [1.29, 1.82) is 0 Å². The van der Waals surface area contributed by atoms with Gasteiger partial charge in [-0.05, 0) is 47.9 Å². The molecular formula is C26H32N4O2. The fourth-order valence-corrected chi connectivity index (χ4v) is 5.95. The molecule has 0 spiro atoms. The Balaban J connectivity index is 1.49. The van der Waals surface area contributed by atoms with E-state index in [0.717, 1.165) is 37.0 Å². The second-order valence-electron chi connectivity index (χ2n) is 9.92. The monoisotopic (exact) mass is 432 g/mol. The van der Waals surface area contributed by atoms with E-state index >= 15 is 0 Å². The quantitative estimate of drug-likeness (QED) is 0.686. The van der Waals surface area contributed by atoms with Crippen LogP contribution in [0.25, 0.3) is 11.0 Å². The Kier molecular flexibility index (Phi) is 5.20. The summed E-state index contributed by atoms with van der Waals surface area (Å²) in [6.07, 6.45) is 3.23. The van der Waals surface area contributed by atoms with Gasteiger partial charge in [0.25, 0.3) is 0 Å². The van der Waals surface area contributed by atoms with Crippen molar-refractivity contribution in [2.45, 2.75) is 51.7 Å². The summed E-state index contributed by atoms with van der Waals surface area (Å²) >= 11 is 0. The fraction of sp³-hybridized carbons (Fsp3) is 0.462. The SMILES string of the molecule is CNC(=O)Cn1c(=O)n(C2CCN(C3CCc4ccccc43)CC2(C)C)c2ccccc21. The number of carbonyl (C=O) groups is 1. The number of nitrogens with one attached hydrogen (secondary N) is 1. The highest BCUT2D eigenvalue weighted by Crippen LogP contribution is 2.44. The lowest BCUT2D eigenvalue weighted by Gasteiger charge is -2.47. The normalized spacial score (nSPS) is 22.7. The number of aryl methyl sites for hydroxylation is 1. The number of benzene rings is 2. The average molecular weight is 433 g/mol. The number of aromatic nitrogens is 2. The molecule has 2 atom stereocenters. The van der Waals surface area contributed by atoms with Crippen LogP contribution in [0.4, 0.5) is 0 Å². The summed E-state index contributed by atoms with van der Waals surface area (Å²) in [6, 6.07) is 17.2. The van der Waals surface area contributed by atoms with E-state index in [1.165, 1.54) is 17.5 Å². The molecule has 2 aliphatic rings. The number of hydrogen-bond acceptors (Lipinski definition) is 3. The number of hydrogen-bond donors (Lipinski definition) is 1. The van der Waals surface area contributed by atoms with Gasteiger partial charge in [-0.25, -0.2) is 4.79 Å². The van der Waals surface area contributed by atoms with Crippen LogP contribution in [0.3, 0.4) is 0 Å². The van der Waals surface area contributed by atoms with Crippen molar-refractivity contribution in [3.63, 3.8) is 0 Å². The van der Waals surface area contributed by atoms with Crippen LogP contribution < -0.4 is 11.0 Å². The summed E-state index contributed by atoms with van der Waals surface area (Å²) in [4.78, 5) is 28.3. The Labute approximate surface area is 188 Å². The third-order valence-electron chi connectivity index (χ3n) is 7.51. The molecule has 0 saturated carbocycles. The third kappa shape index (κ3) is 3.37. The molecule has 5 rings (SSSR count). The van der Waals surface area contributed by atoms with Crippen LogP contribution in [0, 0.1) is 5.41 Å². The molecule has 32 heavy (non-hydrogen) atoms. The summed E-state index contributed by atoms with van der Waals surface area (Å²) in [5.74, 6) is -0.163. The van der Waals surface area contributed by atoms with Crippen molar-refractivity contribution in [2.24, 2.45) is 5.41 Å². The number of rotatable bonds is 4. The van der Waals surface area contributed by atoms with Gasteiger partial charge >= 0.3 is 5.69 Å². The fourth-order valence-electron chi connectivity index (χ4n) is 5.95. The minimum Gasteiger partial charge on any atom is -0.358 e. The predicted octanol–water partition coefficient (Wildman–Crippen LogP) is 3.51. The molecule has 1 aliphatic heterocycles. The van der Waals surface area contributed by atoms with Gasteiger partial charge in [-0.1, -0.05) is 50.2 Å². The molecule has 6 heteroatoms. The highest BCUT2D eigenvalue weighted by molar-refractivity contribution is 5.80. The maximum Gasteiger partial charge on any atom is 0.329 e. The highest BCUT2D eigenvalue weighted by Gasteiger charge is 2.42. The molecule has 0 radical (unpaired) electrons. The second-order valence-corrected chi connectivity index (χ2v) is 9.92. The lowest BCUT2D eigenvalue weighted by Crippen LogP contribution is -2.49. The smallest absolute Gasteiger partial charge is 0.329 e. The average Bonchev–Trinajstić information content (AvgIpc) is 3.33. The first-order valence-electron chi connectivity index (χ1n) is 11.6. The number of likely N-dealkylation sites (tertiary alicyclic amines) is 1. The molecule has 168 valence electrons. The number of fused-ring (bicyclic) bond motifs is 2. The van der Waals surface area contributed by atoms with E-state index in [2.05, 4.69) is 48.3 Å². The van der Waals surface area contributed by atoms with Gasteiger partial charge in [0.15, 0.2) is 0 Å². The number of para-hydroxylation sites is 2. The molecule has 1 aromatic heterocycles. The summed E-state index contributed by atoms with van der Waals surface area (Å²) < 4.78 is 3.57. The van der Waals surface area contributed by atoms with E-state index in [-0.39, 0.29) is 29.6 Å². The Bertz CT molecular complexity index is 1220. The van der Waals surface area contributed by atoms with Gasteiger partial charge in [0, 0.05) is 32.2 Å². The van der Waals surface area contributed by atoms with Crippen LogP contribution in [-0.4, -0.2) is 40.1 Å². The summed E-state index contributed by atoms with van der Waals surface area (Å²) in [5.41, 5.74) is 4.52. The lowest BCUT2D eigenvalue weighted by molar-refractivity contribution is -0.121. The molecule has 0 bridgehead atoms. The van der Waals surface area contributed by atoms with Gasteiger partial charge in [0.05, 0.1) is 11.0 Å². The van der Waals surface area contributed by atoms with Crippen LogP contribution in [-0.2, 0) is 17.8 Å². The van der Waals surface area contributed by atoms with E-state index in [0.29, 0.717) is 6.04 Å². The van der Waals surface area contributed by atoms with E-state index in [1.807, 2.05) is 28.8 Å². The molecule has 2 aromatic carbocycles. The number of likely N-dealkylation sites (N-methyl/N-ethyl adjacent to an activating group) is 1. The highest BCUT2D eigenvalue weighted by atomic mass is 16.2. The van der Waals surface area contributed by atoms with Crippen LogP contribution in [0.2, 0.25) is 0 Å². The zero-order chi connectivity index (χ0) is 22.5. The third-order valence-corrected chi connectivity index (χ3v) is 7.51. The zero-order valence-corrected chi connectivity index (χ0v) is 19.2. The van der Waals surface area contributed by atoms with Crippen LogP contribution in [0.1, 0.15) is 49.9 Å². The Morgan fingerprint density at radius 3 is 2.53 bits per heavy atom. The minimum atomic E-state index is -0.163. The van der Waals surface area contributed by atoms with E-state index < -0.39 is 0 Å². The molecule has 2 heterocycles. The standard InChI is InChI=1S/C26H32N4O2/c1-26(2)17-28(20-13-12-18-8-4-5-9-19(18)20)15-14-23(26)30-22-11-7-6-10-21(22)29(25(30)32)16-24(31)27-3/h4-11,20,23H,12-17H2,1-3H3,(H,27,31). The van der Waals surface area contributed by atoms with Gasteiger partial charge in [-0.3, -0.25) is 18.8 Å². The second kappa shape index (κ2) is 7.93. The van der Waals surface area contributed by atoms with Gasteiger partial charge in [0.2, 0.25) is 5.91 Å². The lowest BCUT2D eigenvalue weighted by atomic mass is 9.78. The molecule has 1 N–H and O–H groups in total. The molecule has 2 unspecified atom stereocenters. The van der Waals surface area contributed by atoms with E-state index in [1.54, 1.807) is 11.6 Å². The van der Waals surface area contributed by atoms with Gasteiger partial charge in [0.1, 0.15) is 6.54 Å². The van der Waals surface area contributed by atoms with Crippen LogP contribution in [0.15, 0.2) is 53.3 Å². The van der Waals surface area contributed by atoms with Crippen LogP contribution >= 0.6 is 0 Å². The molecule has 1 aliphatic carbocycles. The van der Waals surface area contributed by atoms with E-state index in [9.17, 15) is 9.59 Å². The number of nitrogens with zero attached hydrogens (tertiary/aromatic N) is 3. The maximum absolute atomic E-state index is 13.6. The maximum atomic E-state index is 13.6. The van der Waals surface area contributed by atoms with Crippen molar-refractivity contribution in [3.05, 3.63) is 70.1 Å². The Hall–Kier alpha value is -2.86. The predicted molar refractivity (Wildman–Crippen MR) is 127 cm³/mol. The zero-order valence-electron chi connectivity index (χ0n) is 19.2. The summed E-state index contributed by atoms with van der Waals surface area (Å²) in [5, 5.41) is 2.64. The first kappa shape index (κ1) is 21.0. The first-order chi connectivity index (χ1) is 15.4. The number of carbonyl (C=O) groups excluding carboxylic acids is 1. The summed E-state index contributed by atoms with van der Waals surface area (Å²) in [7, 11) is 1.60. The van der Waals surface area contributed by atoms with Crippen molar-refractivity contribution in [1.82, 2.24) is 19.4 Å². The van der Waals surface area contributed by atoms with Crippen LogP contribution in [0.5, 0.6) is 0 Å². The molecule has 1 saturated heterocycles. The van der Waals surface area contributed by atoms with Crippen molar-refractivity contribution < 1.29 is 4.79 Å². The first-order valence-corrected chi connectivity index (χ1v) is 11.6. The van der Waals surface area contributed by atoms with Crippen molar-refractivity contribution >= 4 is 16.9 Å². The minimum absolute atomic E-state index is 0.0426. The van der Waals surface area contributed by atoms with Gasteiger partial charge in [-0.15, -0.1) is 0 Å². The largest absolute Gasteiger partial charge is 0.358 e. The Morgan fingerprint density at radius 2 is 1.78 bits per heavy atom. The topological polar surface area (TPSA) is 59.3 Å². The number of imidazole rings is 1. The van der Waals surface area contributed by atoms with Crippen molar-refractivity contribution in [3.8, 4) is 0 Å². The van der Waals surface area contributed by atoms with E-state index in [4.69, 9.17) is 0 Å². The molecule has 1 amide bonds. The molecular weight excluding hydrogens is 400 g/mol. The number of piperidine rings is 1. The summed E-state index contributed by atoms with van der Waals surface area (Å²) in [6.45, 7) is 6.51. The van der Waals surface area contributed by atoms with Gasteiger partial charge < -0.3 is 5.32 Å². The van der Waals surface area contributed by atoms with Crippen molar-refractivity contribution in [2.75, 3.05) is 20.1 Å².